The molecule has 2 aliphatic heterocycles. The van der Waals surface area contributed by atoms with E-state index < -0.39 is 78.5 Å². The summed E-state index contributed by atoms with van der Waals surface area (Å²) in [6.45, 7) is 2.94. The molecule has 2 aliphatic rings. The van der Waals surface area contributed by atoms with Crippen molar-refractivity contribution in [3.63, 3.8) is 0 Å². The van der Waals surface area contributed by atoms with E-state index in [1.54, 1.807) is 0 Å². The highest BCUT2D eigenvalue weighted by Crippen LogP contribution is 2.33. The van der Waals surface area contributed by atoms with Gasteiger partial charge in [0.2, 0.25) is 47.3 Å². The monoisotopic (exact) mass is 975 g/mol. The first kappa shape index (κ1) is 56.0. The Bertz CT molecular complexity index is 1920. The number of rotatable bonds is 31. The SMILES string of the molecule is CC(C)CC(CC(=O)NO)C(=O)N[C@@H](Cc1ccc(O)cc1)C(=O)N[C@@H](CCCN=C(N)N)C(=O)NCC(=O)NCC(=O)N[C@@H](CCCCNC(=O)CCCC[C@@H]1SC[C@@H]2NC(=O)N[C@@H]21)C(N)=O. The number of amides is 10. The van der Waals surface area contributed by atoms with Gasteiger partial charge in [-0.25, -0.2) is 10.3 Å². The number of aliphatic imine (C=N–C) groups is 1. The molecule has 2 fully saturated rings. The van der Waals surface area contributed by atoms with Crippen molar-refractivity contribution < 1.29 is 53.5 Å². The molecule has 0 radical (unpaired) electrons. The molecule has 17 N–H and O–H groups in total. The van der Waals surface area contributed by atoms with E-state index in [-0.39, 0.29) is 86.7 Å². The molecule has 24 nitrogen and oxygen atoms in total. The Hall–Kier alpha value is -6.37. The average Bonchev–Trinajstić information content (AvgIpc) is 3.85. The van der Waals surface area contributed by atoms with Gasteiger partial charge in [0.1, 0.15) is 23.9 Å². The van der Waals surface area contributed by atoms with Crippen molar-refractivity contribution in [3.8, 4) is 5.75 Å². The van der Waals surface area contributed by atoms with Gasteiger partial charge < -0.3 is 64.8 Å². The molecule has 0 aliphatic carbocycles. The number of carbonyl (C=O) groups excluding carboxylic acids is 9. The number of phenolic OH excluding ortho intramolecular Hbond substituents is 1. The molecular weight excluding hydrogens is 907 g/mol. The van der Waals surface area contributed by atoms with Crippen LogP contribution in [0.2, 0.25) is 0 Å². The number of hydrogen-bond acceptors (Lipinski definition) is 13. The van der Waals surface area contributed by atoms with Crippen molar-refractivity contribution in [2.75, 3.05) is 31.9 Å². The first-order chi connectivity index (χ1) is 32.3. The van der Waals surface area contributed by atoms with Crippen LogP contribution in [0, 0.1) is 11.8 Å². The summed E-state index contributed by atoms with van der Waals surface area (Å²) in [5.74, 6) is -5.76. The number of fused-ring (bicyclic) bond motifs is 1. The van der Waals surface area contributed by atoms with E-state index in [2.05, 4.69) is 47.5 Å². The lowest BCUT2D eigenvalue weighted by Crippen LogP contribution is -2.56. The summed E-state index contributed by atoms with van der Waals surface area (Å²) in [6.07, 6.45) is 3.95. The molecule has 10 amide bonds. The minimum Gasteiger partial charge on any atom is -0.508 e. The van der Waals surface area contributed by atoms with E-state index in [1.807, 2.05) is 25.6 Å². The summed E-state index contributed by atoms with van der Waals surface area (Å²) in [4.78, 5) is 118. The second kappa shape index (κ2) is 29.4. The van der Waals surface area contributed by atoms with Crippen LogP contribution < -0.4 is 65.2 Å². The number of hydroxylamine groups is 1. The molecule has 25 heteroatoms. The van der Waals surface area contributed by atoms with Crippen LogP contribution in [0.3, 0.4) is 0 Å². The number of nitrogens with zero attached hydrogens (tertiary/aromatic N) is 1. The third-order valence-corrected chi connectivity index (χ3v) is 12.6. The van der Waals surface area contributed by atoms with Gasteiger partial charge in [-0.1, -0.05) is 32.4 Å². The first-order valence-electron chi connectivity index (χ1n) is 22.8. The number of hydrogen-bond donors (Lipinski definition) is 14. The van der Waals surface area contributed by atoms with E-state index in [0.717, 1.165) is 18.6 Å². The van der Waals surface area contributed by atoms with Crippen molar-refractivity contribution in [3.05, 3.63) is 29.8 Å². The molecule has 68 heavy (non-hydrogen) atoms. The largest absolute Gasteiger partial charge is 0.508 e. The fourth-order valence-electron chi connectivity index (χ4n) is 7.66. The van der Waals surface area contributed by atoms with Crippen LogP contribution in [0.15, 0.2) is 29.3 Å². The summed E-state index contributed by atoms with van der Waals surface area (Å²) in [7, 11) is 0. The van der Waals surface area contributed by atoms with E-state index in [4.69, 9.17) is 22.4 Å². The van der Waals surface area contributed by atoms with Gasteiger partial charge in [-0.3, -0.25) is 48.6 Å². The second-order valence-electron chi connectivity index (χ2n) is 17.2. The molecule has 0 spiro atoms. The van der Waals surface area contributed by atoms with Crippen molar-refractivity contribution in [2.24, 2.45) is 34.0 Å². The lowest BCUT2D eigenvalue weighted by molar-refractivity contribution is -0.137. The summed E-state index contributed by atoms with van der Waals surface area (Å²) < 4.78 is 0. The van der Waals surface area contributed by atoms with Gasteiger partial charge in [0.25, 0.3) is 0 Å². The summed E-state index contributed by atoms with van der Waals surface area (Å²) in [6, 6.07) is 2.40. The fraction of sp³-hybridized carbons (Fsp3) is 0.628. The number of nitrogens with two attached hydrogens (primary N) is 3. The molecule has 3 rings (SSSR count). The highest BCUT2D eigenvalue weighted by molar-refractivity contribution is 8.00. The Balaban J connectivity index is 1.48. The number of aromatic hydroxyl groups is 1. The van der Waals surface area contributed by atoms with Crippen LogP contribution in [-0.2, 0) is 44.8 Å². The molecule has 1 aromatic rings. The predicted octanol–water partition coefficient (Wildman–Crippen LogP) is -2.27. The zero-order valence-electron chi connectivity index (χ0n) is 38.6. The van der Waals surface area contributed by atoms with E-state index >= 15 is 0 Å². The number of unbranched alkanes of at least 4 members (excludes halogenated alkanes) is 2. The molecule has 2 heterocycles. The molecule has 7 atom stereocenters. The van der Waals surface area contributed by atoms with Gasteiger partial charge in [0.05, 0.1) is 25.2 Å². The first-order valence-corrected chi connectivity index (χ1v) is 23.8. The maximum absolute atomic E-state index is 13.9. The van der Waals surface area contributed by atoms with Gasteiger partial charge in [-0.05, 0) is 75.0 Å². The predicted molar refractivity (Wildman–Crippen MR) is 251 cm³/mol. The van der Waals surface area contributed by atoms with E-state index in [1.165, 1.54) is 29.7 Å². The Kier molecular flexibility index (Phi) is 24.2. The van der Waals surface area contributed by atoms with Crippen LogP contribution in [-0.4, -0.2) is 137 Å². The summed E-state index contributed by atoms with van der Waals surface area (Å²) in [5, 5.41) is 40.5. The minimum atomic E-state index is -1.29. The molecule has 1 unspecified atom stereocenters. The smallest absolute Gasteiger partial charge is 0.315 e. The molecule has 378 valence electrons. The Morgan fingerprint density at radius 3 is 2.13 bits per heavy atom. The van der Waals surface area contributed by atoms with Crippen LogP contribution in [0.25, 0.3) is 0 Å². The maximum Gasteiger partial charge on any atom is 0.315 e. The Morgan fingerprint density at radius 2 is 1.46 bits per heavy atom. The molecule has 0 bridgehead atoms. The third kappa shape index (κ3) is 21.1. The number of urea groups is 1. The third-order valence-electron chi connectivity index (χ3n) is 11.1. The lowest BCUT2D eigenvalue weighted by atomic mass is 9.92. The zero-order chi connectivity index (χ0) is 50.2. The van der Waals surface area contributed by atoms with Crippen molar-refractivity contribution in [1.29, 1.82) is 0 Å². The van der Waals surface area contributed by atoms with E-state index in [0.29, 0.717) is 43.0 Å². The number of nitrogens with one attached hydrogen (secondary N) is 9. The summed E-state index contributed by atoms with van der Waals surface area (Å²) in [5.41, 5.74) is 18.4. The Morgan fingerprint density at radius 1 is 0.765 bits per heavy atom. The molecule has 0 aromatic heterocycles. The minimum absolute atomic E-state index is 0.0196. The van der Waals surface area contributed by atoms with Crippen LogP contribution in [0.5, 0.6) is 5.75 Å². The highest BCUT2D eigenvalue weighted by Gasteiger charge is 2.42. The molecular formula is C43H69N13O11S. The van der Waals surface area contributed by atoms with Crippen LogP contribution in [0.1, 0.15) is 90.0 Å². The van der Waals surface area contributed by atoms with E-state index in [9.17, 15) is 48.3 Å². The van der Waals surface area contributed by atoms with Gasteiger partial charge in [-0.2, -0.15) is 11.8 Å². The highest BCUT2D eigenvalue weighted by atomic mass is 32.2. The number of guanidine groups is 1. The topological polar surface area (TPSA) is 393 Å². The van der Waals surface area contributed by atoms with Crippen LogP contribution >= 0.6 is 11.8 Å². The summed E-state index contributed by atoms with van der Waals surface area (Å²) >= 11 is 1.83. The number of benzene rings is 1. The Labute approximate surface area is 399 Å². The van der Waals surface area contributed by atoms with Crippen molar-refractivity contribution in [1.82, 2.24) is 48.0 Å². The second-order valence-corrected chi connectivity index (χ2v) is 18.5. The molecule has 1 aromatic carbocycles. The molecule has 0 saturated carbocycles. The number of carbonyl (C=O) groups is 9. The van der Waals surface area contributed by atoms with Crippen molar-refractivity contribution in [2.45, 2.75) is 126 Å². The fourth-order valence-corrected chi connectivity index (χ4v) is 9.20. The zero-order valence-corrected chi connectivity index (χ0v) is 39.4. The lowest BCUT2D eigenvalue weighted by Gasteiger charge is -2.25. The number of primary amides is 1. The average molecular weight is 976 g/mol. The van der Waals surface area contributed by atoms with Gasteiger partial charge >= 0.3 is 6.03 Å². The van der Waals surface area contributed by atoms with Gasteiger partial charge in [0.15, 0.2) is 5.96 Å². The standard InChI is InChI=1S/C43H69N13O11S/c1-24(2)18-26(20-34(59)56-67)39(63)53-30(19-25-12-14-27(57)15-13-25)41(65)52-29(9-7-17-48-42(45)46)40(64)50-21-35(60)49-22-36(61)51-28(38(44)62)8-5-6-16-47-33(58)11-4-3-10-32-37-31(23-68-32)54-43(66)55-37/h12-15,24,26,28-32,37,57,67H,3-11,16-23H2,1-2H3,(H2,44,62)(H,47,58)(H,49,60)(H,50,64)(H,51,61)(H,52,65)(H,53,63)(H,56,59)(H4,45,46,48)(H2,54,55,66)/t26?,28-,29-,30-,31-,32-,37-/m0/s1. The number of thioether (sulfide) groups is 1. The van der Waals surface area contributed by atoms with Crippen molar-refractivity contribution >= 4 is 71.0 Å². The van der Waals surface area contributed by atoms with Gasteiger partial charge in [-0.15, -0.1) is 0 Å². The number of phenols is 1. The van der Waals surface area contributed by atoms with Crippen LogP contribution in [0.4, 0.5) is 4.79 Å². The maximum atomic E-state index is 13.9. The normalized spacial score (nSPS) is 17.7. The molecule has 2 saturated heterocycles. The van der Waals surface area contributed by atoms with Gasteiger partial charge in [0, 0.05) is 49.3 Å². The quantitative estimate of drug-likeness (QED) is 0.00933.